The number of aromatic amines is 1. The van der Waals surface area contributed by atoms with Gasteiger partial charge in [0.25, 0.3) is 11.1 Å². The van der Waals surface area contributed by atoms with Crippen molar-refractivity contribution in [1.82, 2.24) is 9.78 Å². The van der Waals surface area contributed by atoms with Gasteiger partial charge in [-0.05, 0) is 18.6 Å². The van der Waals surface area contributed by atoms with E-state index in [0.29, 0.717) is 17.2 Å². The number of nitrogens with zero attached hydrogens (tertiary/aromatic N) is 1. The molecule has 0 saturated heterocycles. The van der Waals surface area contributed by atoms with Gasteiger partial charge in [0.1, 0.15) is 0 Å². The molecule has 0 fully saturated rings. The van der Waals surface area contributed by atoms with E-state index in [4.69, 9.17) is 5.11 Å². The monoisotopic (exact) mass is 274 g/mol. The third-order valence-corrected chi connectivity index (χ3v) is 3.06. The maximum atomic E-state index is 12.2. The highest BCUT2D eigenvalue weighted by atomic mass is 16.4. The number of nitrogens with one attached hydrogen (secondary N) is 1. The number of H-pyrrole nitrogens is 1. The van der Waals surface area contributed by atoms with Gasteiger partial charge in [-0.25, -0.2) is 9.48 Å². The van der Waals surface area contributed by atoms with Crippen molar-refractivity contribution in [2.45, 2.75) is 19.9 Å². The lowest BCUT2D eigenvalue weighted by molar-refractivity contribution is -0.132. The van der Waals surface area contributed by atoms with Crippen LogP contribution in [0, 0.1) is 0 Å². The molecule has 0 amide bonds. The van der Waals surface area contributed by atoms with Gasteiger partial charge in [0.05, 0.1) is 17.3 Å². The highest BCUT2D eigenvalue weighted by Gasteiger charge is 2.07. The molecule has 0 atom stereocenters. The van der Waals surface area contributed by atoms with Gasteiger partial charge in [-0.15, -0.1) is 0 Å². The number of hydrogen-bond acceptors (Lipinski definition) is 3. The molecule has 0 radical (unpaired) electrons. The number of aromatic nitrogens is 2. The Kier molecular flexibility index (Phi) is 3.84. The topological polar surface area (TPSA) is 92.2 Å². The predicted octanol–water partition coefficient (Wildman–Crippen LogP) is 1.11. The third kappa shape index (κ3) is 2.54. The van der Waals surface area contributed by atoms with E-state index in [-0.39, 0.29) is 23.2 Å². The molecule has 2 rings (SSSR count). The van der Waals surface area contributed by atoms with Crippen molar-refractivity contribution in [3.8, 4) is 0 Å². The predicted molar refractivity (Wildman–Crippen MR) is 74.8 cm³/mol. The molecule has 2 aromatic rings. The van der Waals surface area contributed by atoms with Crippen LogP contribution in [-0.2, 0) is 11.3 Å². The van der Waals surface area contributed by atoms with Gasteiger partial charge in [0.2, 0.25) is 0 Å². The van der Waals surface area contributed by atoms with Crippen LogP contribution >= 0.6 is 0 Å². The highest BCUT2D eigenvalue weighted by Crippen LogP contribution is 2.04. The van der Waals surface area contributed by atoms with Crippen LogP contribution in [0.25, 0.3) is 10.8 Å². The van der Waals surface area contributed by atoms with E-state index >= 15 is 0 Å². The lowest BCUT2D eigenvalue weighted by atomic mass is 10.2. The number of carbonyl (C=O) groups is 1. The van der Waals surface area contributed by atoms with Crippen molar-refractivity contribution in [2.75, 3.05) is 0 Å². The zero-order valence-electron chi connectivity index (χ0n) is 10.9. The number of rotatable bonds is 4. The largest absolute Gasteiger partial charge is 0.478 e. The minimum atomic E-state index is -1.02. The number of carboxylic acids is 1. The standard InChI is InChI=1S/C14H14N2O4/c1-2-9(14(19)20)7-8-16-13(18)11-6-4-3-5-10(11)12(17)15-16/h3-7H,2,8H2,1H3,(H,15,17)(H,19,20). The van der Waals surface area contributed by atoms with Crippen LogP contribution in [-0.4, -0.2) is 20.9 Å². The minimum absolute atomic E-state index is 0.0222. The van der Waals surface area contributed by atoms with Gasteiger partial charge in [-0.1, -0.05) is 25.1 Å². The van der Waals surface area contributed by atoms with Gasteiger partial charge in [0, 0.05) is 5.57 Å². The fourth-order valence-electron chi connectivity index (χ4n) is 1.96. The number of fused-ring (bicyclic) bond motifs is 1. The number of benzene rings is 1. The number of carboxylic acid groups (broad SMARTS) is 1. The van der Waals surface area contributed by atoms with E-state index in [9.17, 15) is 14.4 Å². The van der Waals surface area contributed by atoms with Gasteiger partial charge in [-0.3, -0.25) is 14.7 Å². The van der Waals surface area contributed by atoms with Crippen molar-refractivity contribution in [3.05, 3.63) is 56.6 Å². The van der Waals surface area contributed by atoms with E-state index < -0.39 is 5.97 Å². The van der Waals surface area contributed by atoms with Crippen LogP contribution in [0.15, 0.2) is 45.5 Å². The Morgan fingerprint density at radius 1 is 1.30 bits per heavy atom. The van der Waals surface area contributed by atoms with Crippen molar-refractivity contribution >= 4 is 16.7 Å². The third-order valence-electron chi connectivity index (χ3n) is 3.06. The second kappa shape index (κ2) is 5.56. The van der Waals surface area contributed by atoms with Gasteiger partial charge < -0.3 is 5.11 Å². The molecule has 6 heteroatoms. The van der Waals surface area contributed by atoms with Crippen LogP contribution in [0.2, 0.25) is 0 Å². The lowest BCUT2D eigenvalue weighted by Crippen LogP contribution is -2.29. The number of aliphatic carboxylic acids is 1. The Morgan fingerprint density at radius 3 is 2.55 bits per heavy atom. The molecule has 20 heavy (non-hydrogen) atoms. The summed E-state index contributed by atoms with van der Waals surface area (Å²) in [4.78, 5) is 34.9. The van der Waals surface area contributed by atoms with Gasteiger partial charge in [0.15, 0.2) is 0 Å². The van der Waals surface area contributed by atoms with Crippen molar-refractivity contribution in [3.63, 3.8) is 0 Å². The molecule has 0 aliphatic carbocycles. The zero-order chi connectivity index (χ0) is 14.7. The smallest absolute Gasteiger partial charge is 0.331 e. The Bertz CT molecular complexity index is 799. The van der Waals surface area contributed by atoms with Crippen molar-refractivity contribution in [2.24, 2.45) is 0 Å². The molecule has 2 N–H and O–H groups in total. The Labute approximate surface area is 114 Å². The molecule has 0 aliphatic heterocycles. The van der Waals surface area contributed by atoms with E-state index in [2.05, 4.69) is 5.10 Å². The normalized spacial score (nSPS) is 11.8. The molecular weight excluding hydrogens is 260 g/mol. The molecular formula is C14H14N2O4. The average Bonchev–Trinajstić information content (AvgIpc) is 2.44. The fourth-order valence-corrected chi connectivity index (χ4v) is 1.96. The first-order valence-electron chi connectivity index (χ1n) is 6.18. The highest BCUT2D eigenvalue weighted by molar-refractivity contribution is 5.86. The summed E-state index contributed by atoms with van der Waals surface area (Å²) in [6, 6.07) is 6.51. The second-order valence-electron chi connectivity index (χ2n) is 4.29. The quantitative estimate of drug-likeness (QED) is 0.817. The molecule has 104 valence electrons. The molecule has 0 unspecified atom stereocenters. The first-order valence-corrected chi connectivity index (χ1v) is 6.18. The summed E-state index contributed by atoms with van der Waals surface area (Å²) in [7, 11) is 0. The van der Waals surface area contributed by atoms with Crippen LogP contribution < -0.4 is 11.1 Å². The van der Waals surface area contributed by atoms with E-state index in [0.717, 1.165) is 4.68 Å². The van der Waals surface area contributed by atoms with Crippen LogP contribution in [0.4, 0.5) is 0 Å². The molecule has 1 aromatic carbocycles. The maximum Gasteiger partial charge on any atom is 0.331 e. The second-order valence-corrected chi connectivity index (χ2v) is 4.29. The SMILES string of the molecule is CCC(=CCn1[nH]c(=O)c2ccccc2c1=O)C(=O)O. The molecule has 0 bridgehead atoms. The van der Waals surface area contributed by atoms with Crippen molar-refractivity contribution in [1.29, 1.82) is 0 Å². The van der Waals surface area contributed by atoms with Crippen LogP contribution in [0.1, 0.15) is 13.3 Å². The van der Waals surface area contributed by atoms with Crippen LogP contribution in [0.3, 0.4) is 0 Å². The minimum Gasteiger partial charge on any atom is -0.478 e. The summed E-state index contributed by atoms with van der Waals surface area (Å²) in [6.07, 6.45) is 1.77. The van der Waals surface area contributed by atoms with E-state index in [1.807, 2.05) is 0 Å². The van der Waals surface area contributed by atoms with Gasteiger partial charge >= 0.3 is 5.97 Å². The number of hydrogen-bond donors (Lipinski definition) is 2. The average molecular weight is 274 g/mol. The summed E-state index contributed by atoms with van der Waals surface area (Å²) >= 11 is 0. The summed E-state index contributed by atoms with van der Waals surface area (Å²) in [5.41, 5.74) is -0.523. The van der Waals surface area contributed by atoms with E-state index in [1.54, 1.807) is 31.2 Å². The lowest BCUT2D eigenvalue weighted by Gasteiger charge is -2.05. The molecule has 1 heterocycles. The van der Waals surface area contributed by atoms with E-state index in [1.165, 1.54) is 6.08 Å². The summed E-state index contributed by atoms with van der Waals surface area (Å²) < 4.78 is 1.11. The zero-order valence-corrected chi connectivity index (χ0v) is 10.9. The first-order chi connectivity index (χ1) is 9.54. The summed E-state index contributed by atoms with van der Waals surface area (Å²) in [5, 5.41) is 12.0. The Balaban J connectivity index is 2.52. The molecule has 0 saturated carbocycles. The fraction of sp³-hybridized carbons (Fsp3) is 0.214. The summed E-state index contributed by atoms with van der Waals surface area (Å²) in [6.45, 7) is 1.74. The maximum absolute atomic E-state index is 12.2. The van der Waals surface area contributed by atoms with Crippen LogP contribution in [0.5, 0.6) is 0 Å². The number of allylic oxidation sites excluding steroid dienone is 1. The first kappa shape index (κ1) is 13.8. The van der Waals surface area contributed by atoms with Crippen molar-refractivity contribution < 1.29 is 9.90 Å². The Hall–Kier alpha value is -2.63. The molecule has 1 aromatic heterocycles. The molecule has 0 spiro atoms. The summed E-state index contributed by atoms with van der Waals surface area (Å²) in [5.74, 6) is -1.02. The molecule has 0 aliphatic rings. The molecule has 6 nitrogen and oxygen atoms in total. The van der Waals surface area contributed by atoms with Gasteiger partial charge in [-0.2, -0.15) is 0 Å². The Morgan fingerprint density at radius 2 is 1.95 bits per heavy atom.